The largest absolute Gasteiger partial charge is 0.393 e. The lowest BCUT2D eigenvalue weighted by Crippen LogP contribution is -2.36. The third kappa shape index (κ3) is 2.44. The molecule has 0 amide bonds. The van der Waals surface area contributed by atoms with Gasteiger partial charge in [-0.3, -0.25) is 4.79 Å². The van der Waals surface area contributed by atoms with Crippen LogP contribution in [0.2, 0.25) is 0 Å². The Bertz CT molecular complexity index is 387. The molecule has 1 aromatic rings. The number of anilines is 1. The molecule has 3 nitrogen and oxygen atoms in total. The third-order valence-corrected chi connectivity index (χ3v) is 3.41. The van der Waals surface area contributed by atoms with E-state index in [1.54, 1.807) is 0 Å². The normalized spacial score (nSPS) is 17.5. The van der Waals surface area contributed by atoms with Crippen molar-refractivity contribution in [3.05, 3.63) is 28.2 Å². The zero-order chi connectivity index (χ0) is 11.5. The molecule has 16 heavy (non-hydrogen) atoms. The first-order valence-electron chi connectivity index (χ1n) is 5.38. The van der Waals surface area contributed by atoms with Gasteiger partial charge in [-0.25, -0.2) is 0 Å². The van der Waals surface area contributed by atoms with Crippen molar-refractivity contribution in [2.24, 2.45) is 0 Å². The lowest BCUT2D eigenvalue weighted by Gasteiger charge is -2.32. The maximum Gasteiger partial charge on any atom is 0.152 e. The van der Waals surface area contributed by atoms with Gasteiger partial charge in [-0.15, -0.1) is 0 Å². The maximum absolute atomic E-state index is 11.0. The zero-order valence-electron chi connectivity index (χ0n) is 8.90. The summed E-state index contributed by atoms with van der Waals surface area (Å²) in [6.45, 7) is 1.62. The second-order valence-corrected chi connectivity index (χ2v) is 4.95. The summed E-state index contributed by atoms with van der Waals surface area (Å²) in [6.07, 6.45) is 2.24. The highest BCUT2D eigenvalue weighted by atomic mass is 79.9. The smallest absolute Gasteiger partial charge is 0.152 e. The number of hydrogen-bond acceptors (Lipinski definition) is 3. The second kappa shape index (κ2) is 4.97. The van der Waals surface area contributed by atoms with E-state index in [9.17, 15) is 9.90 Å². The molecule has 1 N–H and O–H groups in total. The Morgan fingerprint density at radius 2 is 2.06 bits per heavy atom. The Labute approximate surface area is 103 Å². The Morgan fingerprint density at radius 3 is 2.69 bits per heavy atom. The predicted molar refractivity (Wildman–Crippen MR) is 67.0 cm³/mol. The maximum atomic E-state index is 11.0. The SMILES string of the molecule is O=Cc1cc(Br)ccc1N1CCC(O)CC1. The lowest BCUT2D eigenvalue weighted by molar-refractivity contribution is 0.112. The number of piperidine rings is 1. The zero-order valence-corrected chi connectivity index (χ0v) is 10.5. The van der Waals surface area contributed by atoms with Crippen molar-refractivity contribution in [2.45, 2.75) is 18.9 Å². The standard InChI is InChI=1S/C12H14BrNO2/c13-10-1-2-12(9(7-10)8-15)14-5-3-11(16)4-6-14/h1-2,7-8,11,16H,3-6H2. The Hall–Kier alpha value is -0.870. The van der Waals surface area contributed by atoms with E-state index in [4.69, 9.17) is 0 Å². The van der Waals surface area contributed by atoms with E-state index < -0.39 is 0 Å². The van der Waals surface area contributed by atoms with E-state index in [-0.39, 0.29) is 6.10 Å². The molecule has 0 radical (unpaired) electrons. The Kier molecular flexibility index (Phi) is 3.61. The highest BCUT2D eigenvalue weighted by molar-refractivity contribution is 9.10. The molecule has 1 fully saturated rings. The fourth-order valence-electron chi connectivity index (χ4n) is 2.01. The lowest BCUT2D eigenvalue weighted by atomic mass is 10.1. The number of nitrogens with zero attached hydrogens (tertiary/aromatic N) is 1. The van der Waals surface area contributed by atoms with Crippen LogP contribution in [0.3, 0.4) is 0 Å². The topological polar surface area (TPSA) is 40.5 Å². The van der Waals surface area contributed by atoms with Crippen LogP contribution >= 0.6 is 15.9 Å². The van der Waals surface area contributed by atoms with Gasteiger partial charge in [-0.05, 0) is 31.0 Å². The number of rotatable bonds is 2. The fraction of sp³-hybridized carbons (Fsp3) is 0.417. The molecule has 1 aromatic carbocycles. The first-order chi connectivity index (χ1) is 7.70. The second-order valence-electron chi connectivity index (χ2n) is 4.04. The molecular formula is C12H14BrNO2. The molecule has 1 aliphatic heterocycles. The summed E-state index contributed by atoms with van der Waals surface area (Å²) in [5.41, 5.74) is 1.66. The van der Waals surface area contributed by atoms with Crippen LogP contribution in [0.1, 0.15) is 23.2 Å². The molecule has 1 heterocycles. The van der Waals surface area contributed by atoms with Crippen LogP contribution in [0.25, 0.3) is 0 Å². The molecule has 0 unspecified atom stereocenters. The van der Waals surface area contributed by atoms with E-state index in [1.165, 1.54) is 0 Å². The van der Waals surface area contributed by atoms with Gasteiger partial charge in [0.15, 0.2) is 6.29 Å². The molecule has 4 heteroatoms. The minimum atomic E-state index is -0.189. The number of aliphatic hydroxyl groups is 1. The monoisotopic (exact) mass is 283 g/mol. The third-order valence-electron chi connectivity index (χ3n) is 2.92. The van der Waals surface area contributed by atoms with Crippen molar-refractivity contribution < 1.29 is 9.90 Å². The van der Waals surface area contributed by atoms with Crippen LogP contribution in [-0.2, 0) is 0 Å². The van der Waals surface area contributed by atoms with Crippen LogP contribution in [0.4, 0.5) is 5.69 Å². The molecule has 1 aliphatic rings. The molecule has 1 saturated heterocycles. The predicted octanol–water partition coefficient (Wildman–Crippen LogP) is 2.22. The average Bonchev–Trinajstić information content (AvgIpc) is 2.30. The summed E-state index contributed by atoms with van der Waals surface area (Å²) < 4.78 is 0.912. The van der Waals surface area contributed by atoms with Crippen LogP contribution in [0.5, 0.6) is 0 Å². The van der Waals surface area contributed by atoms with E-state index in [1.807, 2.05) is 18.2 Å². The molecule has 0 atom stereocenters. The van der Waals surface area contributed by atoms with Crippen LogP contribution in [0, 0.1) is 0 Å². The van der Waals surface area contributed by atoms with Crippen molar-refractivity contribution in [3.8, 4) is 0 Å². The van der Waals surface area contributed by atoms with Crippen molar-refractivity contribution >= 4 is 27.9 Å². The molecule has 0 bridgehead atoms. The molecule has 86 valence electrons. The summed E-state index contributed by atoms with van der Waals surface area (Å²) in [5, 5.41) is 9.44. The van der Waals surface area contributed by atoms with E-state index in [0.717, 1.165) is 42.4 Å². The minimum Gasteiger partial charge on any atom is -0.393 e. The van der Waals surface area contributed by atoms with Gasteiger partial charge < -0.3 is 10.0 Å². The highest BCUT2D eigenvalue weighted by Crippen LogP contribution is 2.26. The van der Waals surface area contributed by atoms with Gasteiger partial charge in [0.1, 0.15) is 0 Å². The van der Waals surface area contributed by atoms with Gasteiger partial charge in [0.25, 0.3) is 0 Å². The highest BCUT2D eigenvalue weighted by Gasteiger charge is 2.19. The number of halogens is 1. The first kappa shape index (κ1) is 11.6. The molecule has 2 rings (SSSR count). The van der Waals surface area contributed by atoms with Gasteiger partial charge in [0.2, 0.25) is 0 Å². The summed E-state index contributed by atoms with van der Waals surface area (Å²) >= 11 is 3.35. The molecule has 0 spiro atoms. The number of carbonyl (C=O) groups excluding carboxylic acids is 1. The molecule has 0 aromatic heterocycles. The number of benzene rings is 1. The summed E-state index contributed by atoms with van der Waals surface area (Å²) in [4.78, 5) is 13.1. The fourth-order valence-corrected chi connectivity index (χ4v) is 2.39. The molecule has 0 saturated carbocycles. The quantitative estimate of drug-likeness (QED) is 0.847. The van der Waals surface area contributed by atoms with Crippen molar-refractivity contribution in [3.63, 3.8) is 0 Å². The van der Waals surface area contributed by atoms with Gasteiger partial charge >= 0.3 is 0 Å². The van der Waals surface area contributed by atoms with Gasteiger partial charge in [0.05, 0.1) is 6.10 Å². The number of aliphatic hydroxyl groups excluding tert-OH is 1. The van der Waals surface area contributed by atoms with Crippen molar-refractivity contribution in [1.82, 2.24) is 0 Å². The molecular weight excluding hydrogens is 270 g/mol. The van der Waals surface area contributed by atoms with Gasteiger partial charge in [-0.2, -0.15) is 0 Å². The van der Waals surface area contributed by atoms with Gasteiger partial charge in [-0.1, -0.05) is 15.9 Å². The summed E-state index contributed by atoms with van der Waals surface area (Å²) in [5.74, 6) is 0. The number of hydrogen-bond donors (Lipinski definition) is 1. The van der Waals surface area contributed by atoms with E-state index >= 15 is 0 Å². The first-order valence-corrected chi connectivity index (χ1v) is 6.18. The number of aldehydes is 1. The van der Waals surface area contributed by atoms with E-state index in [2.05, 4.69) is 20.8 Å². The van der Waals surface area contributed by atoms with Crippen LogP contribution in [0.15, 0.2) is 22.7 Å². The molecule has 0 aliphatic carbocycles. The van der Waals surface area contributed by atoms with E-state index in [0.29, 0.717) is 5.56 Å². The van der Waals surface area contributed by atoms with Crippen molar-refractivity contribution in [2.75, 3.05) is 18.0 Å². The average molecular weight is 284 g/mol. The summed E-state index contributed by atoms with van der Waals surface area (Å²) in [7, 11) is 0. The van der Waals surface area contributed by atoms with Crippen LogP contribution in [-0.4, -0.2) is 30.6 Å². The Balaban J connectivity index is 2.23. The van der Waals surface area contributed by atoms with Crippen LogP contribution < -0.4 is 4.90 Å². The minimum absolute atomic E-state index is 0.189. The number of carbonyl (C=O) groups is 1. The Morgan fingerprint density at radius 1 is 1.38 bits per heavy atom. The van der Waals surface area contributed by atoms with Crippen molar-refractivity contribution in [1.29, 1.82) is 0 Å². The summed E-state index contributed by atoms with van der Waals surface area (Å²) in [6, 6.07) is 5.71. The van der Waals surface area contributed by atoms with Gasteiger partial charge in [0, 0.05) is 28.8 Å².